The van der Waals surface area contributed by atoms with Crippen LogP contribution in [0.2, 0.25) is 0 Å². The smallest absolute Gasteiger partial charge is 0.263 e. The first-order valence-corrected chi connectivity index (χ1v) is 12.9. The van der Waals surface area contributed by atoms with Gasteiger partial charge in [-0.15, -0.1) is 11.3 Å². The molecule has 0 radical (unpaired) electrons. The predicted octanol–water partition coefficient (Wildman–Crippen LogP) is 2.67. The minimum Gasteiger partial charge on any atom is -0.467 e. The van der Waals surface area contributed by atoms with Gasteiger partial charge in [0.1, 0.15) is 18.3 Å². The molecule has 0 N–H and O–H groups in total. The highest BCUT2D eigenvalue weighted by molar-refractivity contribution is 7.89. The molecule has 5 heterocycles. The van der Waals surface area contributed by atoms with Gasteiger partial charge in [0, 0.05) is 31.8 Å². The van der Waals surface area contributed by atoms with Gasteiger partial charge in [0.2, 0.25) is 10.0 Å². The topological polar surface area (TPSA) is 105 Å². The van der Waals surface area contributed by atoms with Crippen LogP contribution in [0.15, 0.2) is 73.4 Å². The molecule has 2 aliphatic rings. The third-order valence-electron chi connectivity index (χ3n) is 5.81. The number of furan rings is 1. The van der Waals surface area contributed by atoms with E-state index in [0.717, 1.165) is 28.0 Å². The van der Waals surface area contributed by atoms with Crippen LogP contribution >= 0.6 is 11.3 Å². The molecule has 3 aromatic rings. The van der Waals surface area contributed by atoms with Crippen LogP contribution in [0.1, 0.15) is 35.9 Å². The molecule has 0 spiro atoms. The quantitative estimate of drug-likeness (QED) is 0.533. The van der Waals surface area contributed by atoms with Gasteiger partial charge < -0.3 is 8.98 Å². The SMILES string of the molecule is O=C(Cn1cc(S(=O)(=O)N2CCCC2)ccc1=O)N1N=C(c2cccs2)C[C@@H]1c1ccco1. The lowest BCUT2D eigenvalue weighted by Gasteiger charge is -2.21. The first-order chi connectivity index (χ1) is 15.9. The summed E-state index contributed by atoms with van der Waals surface area (Å²) in [5, 5.41) is 7.81. The zero-order valence-corrected chi connectivity index (χ0v) is 19.3. The minimum absolute atomic E-state index is 0.00332. The highest BCUT2D eigenvalue weighted by Gasteiger charge is 2.35. The lowest BCUT2D eigenvalue weighted by molar-refractivity contribution is -0.134. The van der Waals surface area contributed by atoms with Crippen molar-refractivity contribution in [1.29, 1.82) is 0 Å². The molecule has 172 valence electrons. The van der Waals surface area contributed by atoms with Crippen molar-refractivity contribution >= 4 is 33.0 Å². The summed E-state index contributed by atoms with van der Waals surface area (Å²) < 4.78 is 33.9. The molecule has 1 saturated heterocycles. The maximum Gasteiger partial charge on any atom is 0.263 e. The van der Waals surface area contributed by atoms with Crippen LogP contribution in [-0.4, -0.2) is 47.0 Å². The Morgan fingerprint density at radius 2 is 1.97 bits per heavy atom. The zero-order valence-electron chi connectivity index (χ0n) is 17.7. The molecule has 0 aromatic carbocycles. The van der Waals surface area contributed by atoms with Crippen LogP contribution in [0.25, 0.3) is 0 Å². The average molecular weight is 487 g/mol. The highest BCUT2D eigenvalue weighted by Crippen LogP contribution is 2.34. The van der Waals surface area contributed by atoms with Crippen LogP contribution in [-0.2, 0) is 21.4 Å². The van der Waals surface area contributed by atoms with Crippen LogP contribution in [0.5, 0.6) is 0 Å². The molecular weight excluding hydrogens is 464 g/mol. The van der Waals surface area contributed by atoms with E-state index in [4.69, 9.17) is 4.42 Å². The Labute approximate surface area is 194 Å². The maximum atomic E-state index is 13.3. The highest BCUT2D eigenvalue weighted by atomic mass is 32.2. The van der Waals surface area contributed by atoms with Crippen LogP contribution in [0, 0.1) is 0 Å². The van der Waals surface area contributed by atoms with E-state index in [2.05, 4.69) is 5.10 Å². The van der Waals surface area contributed by atoms with Crippen molar-refractivity contribution in [2.24, 2.45) is 5.10 Å². The summed E-state index contributed by atoms with van der Waals surface area (Å²) in [6.07, 6.45) is 4.89. The number of pyridine rings is 1. The number of nitrogens with zero attached hydrogens (tertiary/aromatic N) is 4. The lowest BCUT2D eigenvalue weighted by atomic mass is 10.1. The summed E-state index contributed by atoms with van der Waals surface area (Å²) in [6.45, 7) is 0.582. The number of carbonyl (C=O) groups excluding carboxylic acids is 1. The number of hydrogen-bond acceptors (Lipinski definition) is 7. The second-order valence-electron chi connectivity index (χ2n) is 7.94. The van der Waals surface area contributed by atoms with Gasteiger partial charge in [0.05, 0.1) is 21.7 Å². The average Bonchev–Trinajstić information content (AvgIpc) is 3.61. The summed E-state index contributed by atoms with van der Waals surface area (Å²) in [7, 11) is -3.71. The van der Waals surface area contributed by atoms with Gasteiger partial charge in [-0.3, -0.25) is 9.59 Å². The Hall–Kier alpha value is -3.02. The Balaban J connectivity index is 1.43. The number of rotatable bonds is 6. The molecular formula is C22H22N4O5S2. The molecule has 1 amide bonds. The number of hydrazone groups is 1. The van der Waals surface area contributed by atoms with Crippen molar-refractivity contribution < 1.29 is 17.6 Å². The predicted molar refractivity (Wildman–Crippen MR) is 122 cm³/mol. The number of sulfonamides is 1. The molecule has 9 nitrogen and oxygen atoms in total. The van der Waals surface area contributed by atoms with E-state index >= 15 is 0 Å². The van der Waals surface area contributed by atoms with Crippen molar-refractivity contribution in [3.63, 3.8) is 0 Å². The molecule has 11 heteroatoms. The van der Waals surface area contributed by atoms with E-state index in [1.54, 1.807) is 12.1 Å². The van der Waals surface area contributed by atoms with Gasteiger partial charge in [-0.2, -0.15) is 9.41 Å². The summed E-state index contributed by atoms with van der Waals surface area (Å²) in [5.74, 6) is 0.164. The Morgan fingerprint density at radius 1 is 1.15 bits per heavy atom. The Kier molecular flexibility index (Phi) is 5.77. The van der Waals surface area contributed by atoms with Gasteiger partial charge in [-0.25, -0.2) is 13.4 Å². The monoisotopic (exact) mass is 486 g/mol. The number of amides is 1. The van der Waals surface area contributed by atoms with Gasteiger partial charge >= 0.3 is 0 Å². The van der Waals surface area contributed by atoms with Gasteiger partial charge in [-0.05, 0) is 42.5 Å². The van der Waals surface area contributed by atoms with Crippen LogP contribution in [0.3, 0.4) is 0 Å². The first kappa shape index (κ1) is 21.8. The largest absolute Gasteiger partial charge is 0.467 e. The van der Waals surface area contributed by atoms with E-state index in [0.29, 0.717) is 25.3 Å². The van der Waals surface area contributed by atoms with Crippen LogP contribution in [0.4, 0.5) is 0 Å². The number of hydrogen-bond donors (Lipinski definition) is 0. The summed E-state index contributed by atoms with van der Waals surface area (Å²) >= 11 is 1.53. The lowest BCUT2D eigenvalue weighted by Crippen LogP contribution is -2.34. The third kappa shape index (κ3) is 4.19. The van der Waals surface area contributed by atoms with E-state index < -0.39 is 27.5 Å². The minimum atomic E-state index is -3.71. The second-order valence-corrected chi connectivity index (χ2v) is 10.8. The fraction of sp³-hybridized carbons (Fsp3) is 0.318. The zero-order chi connectivity index (χ0) is 23.0. The van der Waals surface area contributed by atoms with E-state index in [9.17, 15) is 18.0 Å². The summed E-state index contributed by atoms with van der Waals surface area (Å²) in [5.41, 5.74) is 0.303. The maximum absolute atomic E-state index is 13.3. The molecule has 0 unspecified atom stereocenters. The fourth-order valence-electron chi connectivity index (χ4n) is 4.12. The number of aromatic nitrogens is 1. The van der Waals surface area contributed by atoms with Gasteiger partial charge in [-0.1, -0.05) is 6.07 Å². The molecule has 1 fully saturated rings. The van der Waals surface area contributed by atoms with Crippen molar-refractivity contribution in [3.8, 4) is 0 Å². The molecule has 2 aliphatic heterocycles. The van der Waals surface area contributed by atoms with Gasteiger partial charge in [0.25, 0.3) is 11.5 Å². The van der Waals surface area contributed by atoms with E-state index in [-0.39, 0.29) is 11.4 Å². The van der Waals surface area contributed by atoms with Crippen molar-refractivity contribution in [2.45, 2.75) is 36.7 Å². The second kappa shape index (κ2) is 8.73. The standard InChI is InChI=1S/C22H22N4O5S2/c27-21-8-7-16(33(29,30)25-9-1-2-10-25)14-24(21)15-22(28)26-18(19-5-3-11-31-19)13-17(23-26)20-6-4-12-32-20/h3-8,11-12,14,18H,1-2,9-10,13,15H2/t18-/m1/s1. The number of carbonyl (C=O) groups is 1. The van der Waals surface area contributed by atoms with Crippen molar-refractivity contribution in [1.82, 2.24) is 13.9 Å². The molecule has 0 bridgehead atoms. The third-order valence-corrected chi connectivity index (χ3v) is 8.61. The summed E-state index contributed by atoms with van der Waals surface area (Å²) in [6, 6.07) is 9.44. The van der Waals surface area contributed by atoms with E-state index in [1.165, 1.54) is 45.2 Å². The molecule has 5 rings (SSSR count). The summed E-state index contributed by atoms with van der Waals surface area (Å²) in [4.78, 5) is 26.7. The number of thiophene rings is 1. The molecule has 3 aromatic heterocycles. The Morgan fingerprint density at radius 3 is 2.67 bits per heavy atom. The Bertz CT molecular complexity index is 1340. The van der Waals surface area contributed by atoms with Gasteiger partial charge in [0.15, 0.2) is 0 Å². The fourth-order valence-corrected chi connectivity index (χ4v) is 6.37. The molecule has 0 saturated carbocycles. The molecule has 0 aliphatic carbocycles. The molecule has 33 heavy (non-hydrogen) atoms. The normalized spacial score (nSPS) is 19.2. The van der Waals surface area contributed by atoms with Crippen molar-refractivity contribution in [3.05, 3.63) is 75.2 Å². The van der Waals surface area contributed by atoms with Crippen LogP contribution < -0.4 is 5.56 Å². The first-order valence-electron chi connectivity index (χ1n) is 10.6. The van der Waals surface area contributed by atoms with E-state index in [1.807, 2.05) is 17.5 Å². The molecule has 1 atom stereocenters. The van der Waals surface area contributed by atoms with Crippen molar-refractivity contribution in [2.75, 3.05) is 13.1 Å².